The Bertz CT molecular complexity index is 457. The lowest BCUT2D eigenvalue weighted by Crippen LogP contribution is -2.55. The molecule has 1 fully saturated rings. The van der Waals surface area contributed by atoms with Gasteiger partial charge in [0.15, 0.2) is 0 Å². The van der Waals surface area contributed by atoms with Gasteiger partial charge in [0, 0.05) is 25.9 Å². The number of carbonyl (C=O) groups is 1. The number of hydrogen-bond donors (Lipinski definition) is 1. The van der Waals surface area contributed by atoms with Gasteiger partial charge in [0.05, 0.1) is 5.54 Å². The highest BCUT2D eigenvalue weighted by Crippen LogP contribution is 2.21. The first-order valence-electron chi connectivity index (χ1n) is 7.83. The van der Waals surface area contributed by atoms with E-state index in [1.807, 2.05) is 42.2 Å². The lowest BCUT2D eigenvalue weighted by atomic mass is 9.94. The van der Waals surface area contributed by atoms with Crippen molar-refractivity contribution in [3.8, 4) is 5.75 Å². The Morgan fingerprint density at radius 1 is 1.32 bits per heavy atom. The minimum Gasteiger partial charge on any atom is -0.490 e. The molecule has 0 radical (unpaired) electrons. The van der Waals surface area contributed by atoms with Crippen molar-refractivity contribution in [2.24, 2.45) is 5.73 Å². The molecule has 0 saturated carbocycles. The molecule has 0 spiro atoms. The van der Waals surface area contributed by atoms with E-state index in [1.165, 1.54) is 0 Å². The van der Waals surface area contributed by atoms with Crippen molar-refractivity contribution in [2.75, 3.05) is 13.1 Å². The molecule has 0 aromatic heterocycles. The fraction of sp³-hybridized carbons (Fsp3) is 0.588. The van der Waals surface area contributed by atoms with Crippen molar-refractivity contribution >= 4 is 18.3 Å². The Hall–Kier alpha value is -1.26. The fourth-order valence-electron chi connectivity index (χ4n) is 2.86. The van der Waals surface area contributed by atoms with E-state index in [9.17, 15) is 4.79 Å². The van der Waals surface area contributed by atoms with Gasteiger partial charge in [0.2, 0.25) is 5.91 Å². The number of piperidine rings is 1. The molecular weight excluding hydrogens is 300 g/mol. The van der Waals surface area contributed by atoms with Crippen LogP contribution in [0.15, 0.2) is 30.3 Å². The number of ether oxygens (including phenoxy) is 1. The second-order valence-electron chi connectivity index (χ2n) is 6.09. The molecule has 1 heterocycles. The SMILES string of the molecule is CCCC(C)(N)C(=O)N1CCC(Oc2ccccc2)CC1.Cl. The standard InChI is InChI=1S/C17H26N2O2.ClH/c1-3-11-17(2,18)16(20)19-12-9-15(10-13-19)21-14-7-5-4-6-8-14;/h4-8,15H,3,9-13,18H2,1-2H3;1H. The number of nitrogens with two attached hydrogens (primary N) is 1. The lowest BCUT2D eigenvalue weighted by Gasteiger charge is -2.36. The molecule has 1 aromatic carbocycles. The average molecular weight is 327 g/mol. The minimum atomic E-state index is -0.734. The summed E-state index contributed by atoms with van der Waals surface area (Å²) in [7, 11) is 0. The molecule has 2 N–H and O–H groups in total. The zero-order chi connectivity index (χ0) is 15.3. The van der Waals surface area contributed by atoms with Crippen LogP contribution in [0.2, 0.25) is 0 Å². The van der Waals surface area contributed by atoms with Crippen LogP contribution in [-0.2, 0) is 4.79 Å². The average Bonchev–Trinajstić information content (AvgIpc) is 2.48. The first-order chi connectivity index (χ1) is 10.0. The number of likely N-dealkylation sites (tertiary alicyclic amines) is 1. The van der Waals surface area contributed by atoms with Crippen molar-refractivity contribution in [1.82, 2.24) is 4.90 Å². The van der Waals surface area contributed by atoms with Crippen LogP contribution in [0.4, 0.5) is 0 Å². The summed E-state index contributed by atoms with van der Waals surface area (Å²) in [5, 5.41) is 0. The topological polar surface area (TPSA) is 55.6 Å². The molecule has 0 bridgehead atoms. The molecule has 124 valence electrons. The van der Waals surface area contributed by atoms with E-state index < -0.39 is 5.54 Å². The van der Waals surface area contributed by atoms with Gasteiger partial charge >= 0.3 is 0 Å². The molecule has 1 unspecified atom stereocenters. The van der Waals surface area contributed by atoms with E-state index in [1.54, 1.807) is 0 Å². The maximum atomic E-state index is 12.4. The number of para-hydroxylation sites is 1. The van der Waals surface area contributed by atoms with Crippen LogP contribution >= 0.6 is 12.4 Å². The van der Waals surface area contributed by atoms with Gasteiger partial charge < -0.3 is 15.4 Å². The van der Waals surface area contributed by atoms with Crippen molar-refractivity contribution < 1.29 is 9.53 Å². The first kappa shape index (κ1) is 18.8. The summed E-state index contributed by atoms with van der Waals surface area (Å²) in [6.07, 6.45) is 3.57. The predicted molar refractivity (Wildman–Crippen MR) is 91.4 cm³/mol. The summed E-state index contributed by atoms with van der Waals surface area (Å²) in [5.74, 6) is 0.972. The Balaban J connectivity index is 0.00000242. The summed E-state index contributed by atoms with van der Waals surface area (Å²) >= 11 is 0. The molecule has 1 atom stereocenters. The molecule has 22 heavy (non-hydrogen) atoms. The van der Waals surface area contributed by atoms with E-state index in [4.69, 9.17) is 10.5 Å². The number of benzene rings is 1. The number of hydrogen-bond acceptors (Lipinski definition) is 3. The zero-order valence-corrected chi connectivity index (χ0v) is 14.3. The normalized spacial score (nSPS) is 18.2. The van der Waals surface area contributed by atoms with Gasteiger partial charge in [-0.05, 0) is 25.5 Å². The molecule has 2 rings (SSSR count). The van der Waals surface area contributed by atoms with E-state index >= 15 is 0 Å². The highest BCUT2D eigenvalue weighted by molar-refractivity contribution is 5.86. The van der Waals surface area contributed by atoms with Crippen molar-refractivity contribution in [2.45, 2.75) is 51.2 Å². The summed E-state index contributed by atoms with van der Waals surface area (Å²) in [6, 6.07) is 9.85. The molecule has 1 aliphatic heterocycles. The van der Waals surface area contributed by atoms with Crippen molar-refractivity contribution in [3.63, 3.8) is 0 Å². The van der Waals surface area contributed by atoms with Crippen LogP contribution in [0, 0.1) is 0 Å². The van der Waals surface area contributed by atoms with Gasteiger partial charge in [-0.3, -0.25) is 4.79 Å². The second kappa shape index (κ2) is 8.39. The van der Waals surface area contributed by atoms with Gasteiger partial charge in [0.1, 0.15) is 11.9 Å². The monoisotopic (exact) mass is 326 g/mol. The van der Waals surface area contributed by atoms with Gasteiger partial charge in [-0.2, -0.15) is 0 Å². The maximum Gasteiger partial charge on any atom is 0.242 e. The Morgan fingerprint density at radius 3 is 2.45 bits per heavy atom. The smallest absolute Gasteiger partial charge is 0.242 e. The second-order valence-corrected chi connectivity index (χ2v) is 6.09. The third-order valence-corrected chi connectivity index (χ3v) is 4.03. The molecule has 1 aromatic rings. The Kier molecular flexibility index (Phi) is 7.17. The van der Waals surface area contributed by atoms with Crippen LogP contribution < -0.4 is 10.5 Å². The third kappa shape index (κ3) is 4.89. The summed E-state index contributed by atoms with van der Waals surface area (Å²) in [5.41, 5.74) is 5.40. The van der Waals surface area contributed by atoms with Crippen LogP contribution in [0.3, 0.4) is 0 Å². The molecule has 1 saturated heterocycles. The molecule has 0 aliphatic carbocycles. The molecule has 1 aliphatic rings. The molecular formula is C17H27ClN2O2. The Morgan fingerprint density at radius 2 is 1.91 bits per heavy atom. The fourth-order valence-corrected chi connectivity index (χ4v) is 2.86. The number of nitrogens with zero attached hydrogens (tertiary/aromatic N) is 1. The molecule has 1 amide bonds. The Labute approximate surface area is 139 Å². The zero-order valence-electron chi connectivity index (χ0n) is 13.5. The third-order valence-electron chi connectivity index (χ3n) is 4.03. The summed E-state index contributed by atoms with van der Waals surface area (Å²) < 4.78 is 5.95. The van der Waals surface area contributed by atoms with Gasteiger partial charge in [-0.15, -0.1) is 12.4 Å². The largest absolute Gasteiger partial charge is 0.490 e. The number of amides is 1. The predicted octanol–water partition coefficient (Wildman–Crippen LogP) is 3.00. The highest BCUT2D eigenvalue weighted by atomic mass is 35.5. The van der Waals surface area contributed by atoms with Crippen molar-refractivity contribution in [1.29, 1.82) is 0 Å². The quantitative estimate of drug-likeness (QED) is 0.905. The van der Waals surface area contributed by atoms with Crippen LogP contribution in [-0.4, -0.2) is 35.5 Å². The maximum absolute atomic E-state index is 12.4. The van der Waals surface area contributed by atoms with Crippen LogP contribution in [0.25, 0.3) is 0 Å². The lowest BCUT2D eigenvalue weighted by molar-refractivity contribution is -0.138. The van der Waals surface area contributed by atoms with E-state index in [-0.39, 0.29) is 24.4 Å². The number of carbonyl (C=O) groups excluding carboxylic acids is 1. The minimum absolute atomic E-state index is 0. The van der Waals surface area contributed by atoms with Gasteiger partial charge in [-0.25, -0.2) is 0 Å². The van der Waals surface area contributed by atoms with Crippen LogP contribution in [0.5, 0.6) is 5.75 Å². The molecule has 4 nitrogen and oxygen atoms in total. The number of rotatable bonds is 5. The first-order valence-corrected chi connectivity index (χ1v) is 7.83. The molecule has 5 heteroatoms. The highest BCUT2D eigenvalue weighted by Gasteiger charge is 2.34. The van der Waals surface area contributed by atoms with E-state index in [0.29, 0.717) is 0 Å². The summed E-state index contributed by atoms with van der Waals surface area (Å²) in [6.45, 7) is 5.35. The van der Waals surface area contributed by atoms with Crippen molar-refractivity contribution in [3.05, 3.63) is 30.3 Å². The van der Waals surface area contributed by atoms with Gasteiger partial charge in [0.25, 0.3) is 0 Å². The van der Waals surface area contributed by atoms with E-state index in [0.717, 1.165) is 44.5 Å². The van der Waals surface area contributed by atoms with E-state index in [2.05, 4.69) is 6.92 Å². The van der Waals surface area contributed by atoms with Crippen LogP contribution in [0.1, 0.15) is 39.5 Å². The van der Waals surface area contributed by atoms with Gasteiger partial charge in [-0.1, -0.05) is 31.5 Å². The summed E-state index contributed by atoms with van der Waals surface area (Å²) in [4.78, 5) is 14.3. The number of halogens is 1.